The molecule has 4 nitrogen and oxygen atoms in total. The van der Waals surface area contributed by atoms with Crippen molar-refractivity contribution in [3.63, 3.8) is 0 Å². The fourth-order valence-electron chi connectivity index (χ4n) is 2.12. The van der Waals surface area contributed by atoms with Crippen LogP contribution < -0.4 is 5.32 Å². The Kier molecular flexibility index (Phi) is 5.11. The number of carbonyl (C=O) groups is 2. The van der Waals surface area contributed by atoms with Crippen LogP contribution in [0.1, 0.15) is 27.0 Å². The van der Waals surface area contributed by atoms with Crippen LogP contribution in [0.2, 0.25) is 0 Å². The maximum atomic E-state index is 13.4. The van der Waals surface area contributed by atoms with E-state index >= 15 is 0 Å². The molecule has 0 fully saturated rings. The molecule has 0 spiro atoms. The number of nitrogens with one attached hydrogen (secondary N) is 1. The third-order valence-corrected chi connectivity index (χ3v) is 3.39. The normalized spacial score (nSPS) is 10.3. The number of amides is 1. The average Bonchev–Trinajstić information content (AvgIpc) is 2.48. The van der Waals surface area contributed by atoms with Gasteiger partial charge in [0, 0.05) is 5.69 Å². The fraction of sp³-hybridized carbons (Fsp3) is 0.222. The molecule has 23 heavy (non-hydrogen) atoms. The van der Waals surface area contributed by atoms with Crippen molar-refractivity contribution < 1.29 is 18.7 Å². The molecule has 0 atom stereocenters. The first-order chi connectivity index (χ1) is 10.9. The van der Waals surface area contributed by atoms with Crippen molar-refractivity contribution in [3.8, 4) is 0 Å². The van der Waals surface area contributed by atoms with E-state index < -0.39 is 24.3 Å². The van der Waals surface area contributed by atoms with Crippen LogP contribution in [0, 0.1) is 26.6 Å². The molecule has 0 radical (unpaired) electrons. The third kappa shape index (κ3) is 4.39. The molecule has 0 aliphatic rings. The van der Waals surface area contributed by atoms with Gasteiger partial charge in [-0.1, -0.05) is 23.8 Å². The standard InChI is InChI=1S/C18H18FNO3/c1-11-4-7-15(13(3)8-11)18(22)23-10-17(21)20-14-6-5-12(2)16(19)9-14/h4-9H,10H2,1-3H3,(H,20,21). The first-order valence-corrected chi connectivity index (χ1v) is 7.17. The molecule has 0 saturated heterocycles. The molecule has 1 amide bonds. The van der Waals surface area contributed by atoms with Gasteiger partial charge in [-0.25, -0.2) is 9.18 Å². The Morgan fingerprint density at radius 2 is 1.78 bits per heavy atom. The molecule has 1 N–H and O–H groups in total. The molecular formula is C18H18FNO3. The Bertz CT molecular complexity index is 756. The van der Waals surface area contributed by atoms with Crippen molar-refractivity contribution in [1.29, 1.82) is 0 Å². The fourth-order valence-corrected chi connectivity index (χ4v) is 2.12. The first kappa shape index (κ1) is 16.7. The van der Waals surface area contributed by atoms with E-state index in [1.165, 1.54) is 6.07 Å². The molecule has 0 aliphatic carbocycles. The molecule has 2 aromatic carbocycles. The minimum Gasteiger partial charge on any atom is -0.452 e. The number of anilines is 1. The zero-order chi connectivity index (χ0) is 17.0. The predicted octanol–water partition coefficient (Wildman–Crippen LogP) is 3.55. The summed E-state index contributed by atoms with van der Waals surface area (Å²) in [5, 5.41) is 2.48. The summed E-state index contributed by atoms with van der Waals surface area (Å²) in [6, 6.07) is 9.71. The van der Waals surface area contributed by atoms with Crippen LogP contribution in [-0.2, 0) is 9.53 Å². The lowest BCUT2D eigenvalue weighted by Crippen LogP contribution is -2.21. The molecule has 120 valence electrons. The highest BCUT2D eigenvalue weighted by molar-refractivity contribution is 5.96. The van der Waals surface area contributed by atoms with Gasteiger partial charge < -0.3 is 10.1 Å². The van der Waals surface area contributed by atoms with E-state index in [1.54, 1.807) is 38.1 Å². The van der Waals surface area contributed by atoms with Crippen molar-refractivity contribution in [2.24, 2.45) is 0 Å². The zero-order valence-corrected chi connectivity index (χ0v) is 13.3. The van der Waals surface area contributed by atoms with Gasteiger partial charge in [-0.15, -0.1) is 0 Å². The summed E-state index contributed by atoms with van der Waals surface area (Å²) in [6.07, 6.45) is 0. The second-order valence-corrected chi connectivity index (χ2v) is 5.41. The predicted molar refractivity (Wildman–Crippen MR) is 86.0 cm³/mol. The second kappa shape index (κ2) is 7.05. The summed E-state index contributed by atoms with van der Waals surface area (Å²) in [5.41, 5.74) is 3.06. The van der Waals surface area contributed by atoms with E-state index in [1.807, 2.05) is 13.0 Å². The molecule has 2 aromatic rings. The maximum Gasteiger partial charge on any atom is 0.338 e. The molecule has 0 aromatic heterocycles. The minimum absolute atomic E-state index is 0.320. The smallest absolute Gasteiger partial charge is 0.338 e. The monoisotopic (exact) mass is 315 g/mol. The number of rotatable bonds is 4. The molecule has 0 unspecified atom stereocenters. The lowest BCUT2D eigenvalue weighted by Gasteiger charge is -2.09. The number of benzene rings is 2. The van der Waals surface area contributed by atoms with Crippen molar-refractivity contribution >= 4 is 17.6 Å². The summed E-state index contributed by atoms with van der Waals surface area (Å²) in [5.74, 6) is -1.49. The van der Waals surface area contributed by atoms with Gasteiger partial charge in [-0.3, -0.25) is 4.79 Å². The molecule has 0 bridgehead atoms. The summed E-state index contributed by atoms with van der Waals surface area (Å²) >= 11 is 0. The van der Waals surface area contributed by atoms with Gasteiger partial charge in [0.15, 0.2) is 6.61 Å². The highest BCUT2D eigenvalue weighted by atomic mass is 19.1. The van der Waals surface area contributed by atoms with Gasteiger partial charge >= 0.3 is 5.97 Å². The van der Waals surface area contributed by atoms with Crippen LogP contribution in [0.5, 0.6) is 0 Å². The first-order valence-electron chi connectivity index (χ1n) is 7.17. The third-order valence-electron chi connectivity index (χ3n) is 3.39. The average molecular weight is 315 g/mol. The second-order valence-electron chi connectivity index (χ2n) is 5.41. The van der Waals surface area contributed by atoms with E-state index in [2.05, 4.69) is 5.32 Å². The number of hydrogen-bond acceptors (Lipinski definition) is 3. The SMILES string of the molecule is Cc1ccc(C(=O)OCC(=O)Nc2ccc(C)c(F)c2)c(C)c1. The van der Waals surface area contributed by atoms with Crippen LogP contribution in [0.15, 0.2) is 36.4 Å². The molecule has 0 aliphatic heterocycles. The molecular weight excluding hydrogens is 297 g/mol. The Balaban J connectivity index is 1.93. The Morgan fingerprint density at radius 3 is 2.43 bits per heavy atom. The highest BCUT2D eigenvalue weighted by Gasteiger charge is 2.13. The van der Waals surface area contributed by atoms with Crippen molar-refractivity contribution in [1.82, 2.24) is 0 Å². The number of hydrogen-bond donors (Lipinski definition) is 1. The molecule has 5 heteroatoms. The van der Waals surface area contributed by atoms with Crippen LogP contribution in [0.4, 0.5) is 10.1 Å². The van der Waals surface area contributed by atoms with E-state index in [9.17, 15) is 14.0 Å². The summed E-state index contributed by atoms with van der Waals surface area (Å²) < 4.78 is 18.4. The van der Waals surface area contributed by atoms with Crippen LogP contribution in [0.25, 0.3) is 0 Å². The van der Waals surface area contributed by atoms with Gasteiger partial charge in [-0.05, 0) is 50.1 Å². The van der Waals surface area contributed by atoms with Gasteiger partial charge in [-0.2, -0.15) is 0 Å². The van der Waals surface area contributed by atoms with Gasteiger partial charge in [0.05, 0.1) is 5.56 Å². The van der Waals surface area contributed by atoms with Crippen LogP contribution in [-0.4, -0.2) is 18.5 Å². The van der Waals surface area contributed by atoms with E-state index in [0.717, 1.165) is 11.1 Å². The summed E-state index contributed by atoms with van der Waals surface area (Å²) in [7, 11) is 0. The van der Waals surface area contributed by atoms with E-state index in [-0.39, 0.29) is 0 Å². The van der Waals surface area contributed by atoms with E-state index in [4.69, 9.17) is 4.74 Å². The summed E-state index contributed by atoms with van der Waals surface area (Å²) in [4.78, 5) is 23.7. The summed E-state index contributed by atoms with van der Waals surface area (Å²) in [6.45, 7) is 4.93. The van der Waals surface area contributed by atoms with E-state index in [0.29, 0.717) is 16.8 Å². The lowest BCUT2D eigenvalue weighted by atomic mass is 10.1. The molecule has 0 heterocycles. The quantitative estimate of drug-likeness (QED) is 0.878. The maximum absolute atomic E-state index is 13.4. The zero-order valence-electron chi connectivity index (χ0n) is 13.3. The van der Waals surface area contributed by atoms with Crippen molar-refractivity contribution in [3.05, 3.63) is 64.5 Å². The topological polar surface area (TPSA) is 55.4 Å². The Labute approximate surface area is 134 Å². The van der Waals surface area contributed by atoms with Gasteiger partial charge in [0.2, 0.25) is 0 Å². The lowest BCUT2D eigenvalue weighted by molar-refractivity contribution is -0.119. The highest BCUT2D eigenvalue weighted by Crippen LogP contribution is 2.14. The van der Waals surface area contributed by atoms with Gasteiger partial charge in [0.1, 0.15) is 5.82 Å². The Morgan fingerprint density at radius 1 is 1.04 bits per heavy atom. The van der Waals surface area contributed by atoms with Gasteiger partial charge in [0.25, 0.3) is 5.91 Å². The largest absolute Gasteiger partial charge is 0.452 e. The number of aryl methyl sites for hydroxylation is 3. The van der Waals surface area contributed by atoms with Crippen LogP contribution >= 0.6 is 0 Å². The number of carbonyl (C=O) groups excluding carboxylic acids is 2. The number of esters is 1. The van der Waals surface area contributed by atoms with Crippen molar-refractivity contribution in [2.45, 2.75) is 20.8 Å². The van der Waals surface area contributed by atoms with Crippen LogP contribution in [0.3, 0.4) is 0 Å². The number of ether oxygens (including phenoxy) is 1. The molecule has 0 saturated carbocycles. The Hall–Kier alpha value is -2.69. The molecule has 2 rings (SSSR count). The minimum atomic E-state index is -0.562. The number of halogens is 1. The van der Waals surface area contributed by atoms with Crippen molar-refractivity contribution in [2.75, 3.05) is 11.9 Å².